The molecule has 6 nitrogen and oxygen atoms in total. The van der Waals surface area contributed by atoms with Crippen LogP contribution in [0.15, 0.2) is 24.3 Å². The lowest BCUT2D eigenvalue weighted by Crippen LogP contribution is -2.45. The van der Waals surface area contributed by atoms with E-state index < -0.39 is 12.0 Å². The summed E-state index contributed by atoms with van der Waals surface area (Å²) in [6.07, 6.45) is 6.74. The maximum atomic E-state index is 12.7. The molecule has 0 heterocycles. The Kier molecular flexibility index (Phi) is 10.1. The number of carbonyl (C=O) groups excluding carboxylic acids is 3. The van der Waals surface area contributed by atoms with Crippen molar-refractivity contribution in [3.63, 3.8) is 0 Å². The Hall–Kier alpha value is -2.02. The lowest BCUT2D eigenvalue weighted by molar-refractivity contribution is -0.150. The molecule has 3 atom stereocenters. The van der Waals surface area contributed by atoms with E-state index in [1.54, 1.807) is 23.9 Å². The van der Waals surface area contributed by atoms with E-state index >= 15 is 0 Å². The molecule has 0 saturated heterocycles. The van der Waals surface area contributed by atoms with E-state index in [1.165, 1.54) is 6.42 Å². The maximum Gasteiger partial charge on any atom is 0.329 e. The highest BCUT2D eigenvalue weighted by Crippen LogP contribution is 2.24. The highest BCUT2D eigenvalue weighted by Gasteiger charge is 2.26. The van der Waals surface area contributed by atoms with Crippen LogP contribution in [0.1, 0.15) is 75.7 Å². The number of esters is 1. The number of hydrogen-bond acceptors (Lipinski definition) is 5. The van der Waals surface area contributed by atoms with Gasteiger partial charge < -0.3 is 15.4 Å². The summed E-state index contributed by atoms with van der Waals surface area (Å²) in [7, 11) is 0. The van der Waals surface area contributed by atoms with Crippen molar-refractivity contribution in [3.8, 4) is 0 Å². The molecule has 32 heavy (non-hydrogen) atoms. The number of amides is 2. The van der Waals surface area contributed by atoms with Crippen molar-refractivity contribution in [2.75, 3.05) is 18.6 Å². The Morgan fingerprint density at radius 1 is 1.12 bits per heavy atom. The van der Waals surface area contributed by atoms with E-state index in [4.69, 9.17) is 4.74 Å². The summed E-state index contributed by atoms with van der Waals surface area (Å²) in [6, 6.07) is 6.75. The van der Waals surface area contributed by atoms with Gasteiger partial charge in [0.15, 0.2) is 6.61 Å². The summed E-state index contributed by atoms with van der Waals surface area (Å²) in [5.74, 6) is -0.0690. The normalized spacial score (nSPS) is 19.7. The molecule has 3 unspecified atom stereocenters. The van der Waals surface area contributed by atoms with Crippen LogP contribution in [-0.2, 0) is 19.7 Å². The minimum absolute atomic E-state index is 0.00428. The minimum Gasteiger partial charge on any atom is -0.454 e. The average Bonchev–Trinajstić information content (AvgIpc) is 2.76. The van der Waals surface area contributed by atoms with Crippen LogP contribution in [0.25, 0.3) is 0 Å². The van der Waals surface area contributed by atoms with Crippen LogP contribution in [0, 0.1) is 5.92 Å². The summed E-state index contributed by atoms with van der Waals surface area (Å²) in [6.45, 7) is 8.15. The van der Waals surface area contributed by atoms with Crippen LogP contribution < -0.4 is 10.6 Å². The van der Waals surface area contributed by atoms with Gasteiger partial charge >= 0.3 is 5.97 Å². The van der Waals surface area contributed by atoms with Gasteiger partial charge in [-0.25, -0.2) is 4.79 Å². The van der Waals surface area contributed by atoms with Gasteiger partial charge in [-0.3, -0.25) is 9.59 Å². The molecule has 2 amide bonds. The van der Waals surface area contributed by atoms with Crippen molar-refractivity contribution in [1.82, 2.24) is 10.6 Å². The molecule has 0 aromatic heterocycles. The Bertz CT molecular complexity index is 773. The second-order valence-corrected chi connectivity index (χ2v) is 10.7. The van der Waals surface area contributed by atoms with Gasteiger partial charge in [-0.1, -0.05) is 52.7 Å². The first kappa shape index (κ1) is 26.2. The Labute approximate surface area is 196 Å². The average molecular weight is 463 g/mol. The first-order chi connectivity index (χ1) is 15.1. The highest BCUT2D eigenvalue weighted by atomic mass is 32.2. The second-order valence-electron chi connectivity index (χ2n) is 9.68. The standard InChI is InChI=1S/C25H38N2O4S/c1-17-8-6-7-9-20(17)26-22(28)16-31-24(30)21(14-15-32-5)27-23(29)18-10-12-19(13-11-18)25(2,3)4/h10-13,17,20-21H,6-9,14-16H2,1-5H3,(H,26,28)(H,27,29). The molecule has 0 radical (unpaired) electrons. The number of benzene rings is 1. The number of hydrogen-bond donors (Lipinski definition) is 2. The third-order valence-electron chi connectivity index (χ3n) is 6.02. The Morgan fingerprint density at radius 3 is 2.38 bits per heavy atom. The molecule has 1 aromatic rings. The van der Waals surface area contributed by atoms with Crippen molar-refractivity contribution >= 4 is 29.5 Å². The molecule has 178 valence electrons. The topological polar surface area (TPSA) is 84.5 Å². The zero-order valence-corrected chi connectivity index (χ0v) is 20.8. The first-order valence-corrected chi connectivity index (χ1v) is 12.9. The molecule has 0 spiro atoms. The van der Waals surface area contributed by atoms with E-state index in [-0.39, 0.29) is 29.9 Å². The molecule has 1 aliphatic rings. The van der Waals surface area contributed by atoms with E-state index in [9.17, 15) is 14.4 Å². The van der Waals surface area contributed by atoms with Gasteiger partial charge in [0.1, 0.15) is 6.04 Å². The van der Waals surface area contributed by atoms with E-state index in [2.05, 4.69) is 38.3 Å². The molecule has 1 fully saturated rings. The van der Waals surface area contributed by atoms with E-state index in [0.29, 0.717) is 23.7 Å². The molecule has 7 heteroatoms. The van der Waals surface area contributed by atoms with Crippen molar-refractivity contribution in [2.24, 2.45) is 5.92 Å². The predicted molar refractivity (Wildman–Crippen MR) is 130 cm³/mol. The monoisotopic (exact) mass is 462 g/mol. The van der Waals surface area contributed by atoms with Gasteiger partial charge in [0, 0.05) is 11.6 Å². The SMILES string of the molecule is CSCCC(NC(=O)c1ccc(C(C)(C)C)cc1)C(=O)OCC(=O)NC1CCCCC1C. The van der Waals surface area contributed by atoms with Crippen molar-refractivity contribution < 1.29 is 19.1 Å². The Morgan fingerprint density at radius 2 is 1.78 bits per heavy atom. The van der Waals surface area contributed by atoms with Crippen molar-refractivity contribution in [3.05, 3.63) is 35.4 Å². The molecule has 1 saturated carbocycles. The largest absolute Gasteiger partial charge is 0.454 e. The quantitative estimate of drug-likeness (QED) is 0.541. The number of thioether (sulfide) groups is 1. The van der Waals surface area contributed by atoms with Crippen LogP contribution in [-0.4, -0.2) is 48.5 Å². The van der Waals surface area contributed by atoms with Crippen LogP contribution >= 0.6 is 11.8 Å². The third kappa shape index (κ3) is 8.15. The predicted octanol–water partition coefficient (Wildman–Crippen LogP) is 4.07. The van der Waals surface area contributed by atoms with Gasteiger partial charge in [-0.05, 0) is 60.3 Å². The van der Waals surface area contributed by atoms with Crippen LogP contribution in [0.4, 0.5) is 0 Å². The van der Waals surface area contributed by atoms with Gasteiger partial charge in [-0.15, -0.1) is 0 Å². The Balaban J connectivity index is 1.92. The van der Waals surface area contributed by atoms with E-state index in [0.717, 1.165) is 24.8 Å². The first-order valence-electron chi connectivity index (χ1n) is 11.5. The van der Waals surface area contributed by atoms with Crippen LogP contribution in [0.5, 0.6) is 0 Å². The van der Waals surface area contributed by atoms with Gasteiger partial charge in [0.05, 0.1) is 0 Å². The summed E-state index contributed by atoms with van der Waals surface area (Å²) in [5.41, 5.74) is 1.62. The minimum atomic E-state index is -0.793. The van der Waals surface area contributed by atoms with Crippen LogP contribution in [0.3, 0.4) is 0 Å². The zero-order chi connectivity index (χ0) is 23.7. The van der Waals surface area contributed by atoms with E-state index in [1.807, 2.05) is 18.4 Å². The fourth-order valence-electron chi connectivity index (χ4n) is 3.86. The lowest BCUT2D eigenvalue weighted by atomic mass is 9.86. The maximum absolute atomic E-state index is 12.7. The van der Waals surface area contributed by atoms with Crippen molar-refractivity contribution in [2.45, 2.75) is 77.3 Å². The third-order valence-corrected chi connectivity index (χ3v) is 6.66. The number of carbonyl (C=O) groups is 3. The van der Waals surface area contributed by atoms with Gasteiger partial charge in [0.25, 0.3) is 11.8 Å². The highest BCUT2D eigenvalue weighted by molar-refractivity contribution is 7.98. The summed E-state index contributed by atoms with van der Waals surface area (Å²) in [5, 5.41) is 5.76. The number of nitrogens with one attached hydrogen (secondary N) is 2. The molecular weight excluding hydrogens is 424 g/mol. The number of ether oxygens (including phenoxy) is 1. The number of rotatable bonds is 9. The van der Waals surface area contributed by atoms with Gasteiger partial charge in [0.2, 0.25) is 0 Å². The lowest BCUT2D eigenvalue weighted by Gasteiger charge is -2.29. The summed E-state index contributed by atoms with van der Waals surface area (Å²) < 4.78 is 5.27. The molecule has 0 aliphatic heterocycles. The van der Waals surface area contributed by atoms with Crippen LogP contribution in [0.2, 0.25) is 0 Å². The van der Waals surface area contributed by atoms with Crippen molar-refractivity contribution in [1.29, 1.82) is 0 Å². The molecular formula is C25H38N2O4S. The summed E-state index contributed by atoms with van der Waals surface area (Å²) in [4.78, 5) is 37.6. The van der Waals surface area contributed by atoms with Gasteiger partial charge in [-0.2, -0.15) is 11.8 Å². The second kappa shape index (κ2) is 12.3. The molecule has 1 aliphatic carbocycles. The molecule has 0 bridgehead atoms. The smallest absolute Gasteiger partial charge is 0.329 e. The zero-order valence-electron chi connectivity index (χ0n) is 20.0. The molecule has 1 aromatic carbocycles. The molecule has 2 rings (SSSR count). The summed E-state index contributed by atoms with van der Waals surface area (Å²) >= 11 is 1.58. The molecule has 2 N–H and O–H groups in total. The fourth-order valence-corrected chi connectivity index (χ4v) is 4.34. The fraction of sp³-hybridized carbons (Fsp3) is 0.640.